The van der Waals surface area contributed by atoms with Gasteiger partial charge in [0.15, 0.2) is 11.5 Å². The van der Waals surface area contributed by atoms with E-state index >= 15 is 0 Å². The Hall–Kier alpha value is -4.21. The fraction of sp³-hybridized carbons (Fsp3) is 0.120. The number of ether oxygens (including phenoxy) is 1. The average Bonchev–Trinajstić information content (AvgIpc) is 2.86. The topological polar surface area (TPSA) is 149 Å². The van der Waals surface area contributed by atoms with Gasteiger partial charge in [0.1, 0.15) is 16.5 Å². The molecule has 190 valence electrons. The Morgan fingerprint density at radius 2 is 1.86 bits per heavy atom. The number of carbonyl (C=O) groups excluding carboxylic acids is 1. The zero-order valence-corrected chi connectivity index (χ0v) is 22.0. The number of nitro groups is 1. The van der Waals surface area contributed by atoms with Crippen LogP contribution in [0.15, 0.2) is 75.6 Å². The Morgan fingerprint density at radius 3 is 2.46 bits per heavy atom. The van der Waals surface area contributed by atoms with Crippen molar-refractivity contribution in [2.45, 2.75) is 18.7 Å². The van der Waals surface area contributed by atoms with E-state index in [2.05, 4.69) is 21.2 Å². The van der Waals surface area contributed by atoms with Gasteiger partial charge in [-0.3, -0.25) is 14.9 Å². The van der Waals surface area contributed by atoms with E-state index in [1.54, 1.807) is 19.1 Å². The van der Waals surface area contributed by atoms with E-state index in [1.165, 1.54) is 18.2 Å². The number of nitro benzene ring substituents is 1. The van der Waals surface area contributed by atoms with Crippen LogP contribution in [0.3, 0.4) is 0 Å². The maximum absolute atomic E-state index is 12.8. The number of hydrogen-bond acceptors (Lipinski definition) is 8. The lowest BCUT2D eigenvalue weighted by molar-refractivity contribution is -0.384. The van der Waals surface area contributed by atoms with Crippen LogP contribution in [0.25, 0.3) is 6.08 Å². The van der Waals surface area contributed by atoms with Crippen LogP contribution in [0, 0.1) is 28.4 Å². The predicted molar refractivity (Wildman–Crippen MR) is 140 cm³/mol. The first-order valence-corrected chi connectivity index (χ1v) is 12.9. The largest absolute Gasteiger partial charge is 0.490 e. The Bertz CT molecular complexity index is 1530. The van der Waals surface area contributed by atoms with Crippen molar-refractivity contribution in [1.29, 1.82) is 5.26 Å². The highest BCUT2D eigenvalue weighted by Crippen LogP contribution is 2.39. The van der Waals surface area contributed by atoms with Crippen LogP contribution in [0.1, 0.15) is 18.1 Å². The summed E-state index contributed by atoms with van der Waals surface area (Å²) >= 11 is 3.26. The number of rotatable bonds is 9. The number of para-hydroxylation sites is 1. The van der Waals surface area contributed by atoms with E-state index in [0.717, 1.165) is 29.8 Å². The number of hydrogen-bond donors (Lipinski definition) is 1. The highest BCUT2D eigenvalue weighted by Gasteiger charge is 2.23. The molecule has 0 aliphatic carbocycles. The summed E-state index contributed by atoms with van der Waals surface area (Å²) < 4.78 is 36.7. The highest BCUT2D eigenvalue weighted by atomic mass is 79.9. The monoisotopic (exact) mass is 585 g/mol. The number of carbonyl (C=O) groups is 1. The molecule has 10 nitrogen and oxygen atoms in total. The Kier molecular flexibility index (Phi) is 8.65. The van der Waals surface area contributed by atoms with Crippen LogP contribution >= 0.6 is 15.9 Å². The second-order valence-corrected chi connectivity index (χ2v) is 9.89. The minimum absolute atomic E-state index is 0.0326. The number of non-ortho nitro benzene ring substituents is 1. The lowest BCUT2D eigenvalue weighted by Gasteiger charge is -2.14. The van der Waals surface area contributed by atoms with Gasteiger partial charge in [-0.05, 0) is 77.3 Å². The second-order valence-electron chi connectivity index (χ2n) is 7.49. The summed E-state index contributed by atoms with van der Waals surface area (Å²) in [6.07, 6.45) is 1.33. The molecule has 3 aromatic carbocycles. The molecule has 1 N–H and O–H groups in total. The highest BCUT2D eigenvalue weighted by molar-refractivity contribution is 9.10. The van der Waals surface area contributed by atoms with Crippen molar-refractivity contribution in [3.05, 3.63) is 92.0 Å². The zero-order chi connectivity index (χ0) is 27.2. The van der Waals surface area contributed by atoms with Crippen LogP contribution in [0.2, 0.25) is 0 Å². The van der Waals surface area contributed by atoms with Gasteiger partial charge >= 0.3 is 10.1 Å². The van der Waals surface area contributed by atoms with Crippen molar-refractivity contribution < 1.29 is 27.1 Å². The number of aryl methyl sites for hydroxylation is 1. The summed E-state index contributed by atoms with van der Waals surface area (Å²) in [5.74, 6) is -0.752. The van der Waals surface area contributed by atoms with Crippen LogP contribution < -0.4 is 14.2 Å². The SMILES string of the molecule is CCOc1cc(/C=C(\C#N)C(=O)Nc2ccccc2C)cc(Br)c1OS(=O)(=O)c1ccc([N+](=O)[O-])cc1. The molecular formula is C25H20BrN3O7S. The van der Waals surface area contributed by atoms with E-state index < -0.39 is 20.9 Å². The van der Waals surface area contributed by atoms with Crippen molar-refractivity contribution in [3.8, 4) is 17.6 Å². The molecule has 0 heterocycles. The zero-order valence-electron chi connectivity index (χ0n) is 19.6. The molecule has 0 aliphatic heterocycles. The number of anilines is 1. The third-order valence-corrected chi connectivity index (χ3v) is 6.75. The molecule has 0 spiro atoms. The van der Waals surface area contributed by atoms with Gasteiger partial charge in [0, 0.05) is 17.8 Å². The number of nitrogens with one attached hydrogen (secondary N) is 1. The first kappa shape index (κ1) is 27.4. The van der Waals surface area contributed by atoms with E-state index in [9.17, 15) is 28.6 Å². The van der Waals surface area contributed by atoms with E-state index in [-0.39, 0.29) is 38.7 Å². The minimum Gasteiger partial charge on any atom is -0.490 e. The van der Waals surface area contributed by atoms with Crippen molar-refractivity contribution >= 4 is 49.4 Å². The second kappa shape index (κ2) is 11.7. The Balaban J connectivity index is 1.94. The van der Waals surface area contributed by atoms with Gasteiger partial charge in [-0.1, -0.05) is 18.2 Å². The van der Waals surface area contributed by atoms with E-state index in [1.807, 2.05) is 25.1 Å². The summed E-state index contributed by atoms with van der Waals surface area (Å²) in [5.41, 5.74) is 1.29. The lowest BCUT2D eigenvalue weighted by atomic mass is 10.1. The summed E-state index contributed by atoms with van der Waals surface area (Å²) in [5, 5.41) is 23.1. The third kappa shape index (κ3) is 6.72. The van der Waals surface area contributed by atoms with Crippen molar-refractivity contribution in [2.75, 3.05) is 11.9 Å². The van der Waals surface area contributed by atoms with Crippen LogP contribution in [0.5, 0.6) is 11.5 Å². The molecule has 3 aromatic rings. The predicted octanol–water partition coefficient (Wildman–Crippen LogP) is 5.38. The number of nitrogens with zero attached hydrogens (tertiary/aromatic N) is 2. The van der Waals surface area contributed by atoms with Crippen molar-refractivity contribution in [1.82, 2.24) is 0 Å². The van der Waals surface area contributed by atoms with Gasteiger partial charge < -0.3 is 14.2 Å². The van der Waals surface area contributed by atoms with Gasteiger partial charge in [0.25, 0.3) is 11.6 Å². The van der Waals surface area contributed by atoms with Crippen LogP contribution in [-0.4, -0.2) is 25.9 Å². The van der Waals surface area contributed by atoms with Crippen LogP contribution in [-0.2, 0) is 14.9 Å². The summed E-state index contributed by atoms with van der Waals surface area (Å²) in [4.78, 5) is 22.6. The third-order valence-electron chi connectivity index (χ3n) is 4.93. The molecule has 37 heavy (non-hydrogen) atoms. The number of benzene rings is 3. The summed E-state index contributed by atoms with van der Waals surface area (Å²) in [6, 6.07) is 16.1. The molecule has 0 unspecified atom stereocenters. The van der Waals surface area contributed by atoms with Gasteiger partial charge in [-0.15, -0.1) is 0 Å². The van der Waals surface area contributed by atoms with Crippen molar-refractivity contribution in [3.63, 3.8) is 0 Å². The molecule has 0 aromatic heterocycles. The molecule has 1 amide bonds. The molecular weight excluding hydrogens is 566 g/mol. The standard InChI is InChI=1S/C25H20BrN3O7S/c1-3-35-23-14-17(12-18(15-27)25(30)28-22-7-5-4-6-16(22)2)13-21(26)24(23)36-37(33,34)20-10-8-19(9-11-20)29(31)32/h4-14H,3H2,1-2H3,(H,28,30)/b18-12+. The summed E-state index contributed by atoms with van der Waals surface area (Å²) in [7, 11) is -4.38. The van der Waals surface area contributed by atoms with E-state index in [4.69, 9.17) is 8.92 Å². The van der Waals surface area contributed by atoms with Crippen molar-refractivity contribution in [2.24, 2.45) is 0 Å². The fourth-order valence-corrected chi connectivity index (χ4v) is 4.73. The normalized spacial score (nSPS) is 11.4. The molecule has 0 fully saturated rings. The minimum atomic E-state index is -4.38. The Morgan fingerprint density at radius 1 is 1.19 bits per heavy atom. The molecule has 12 heteroatoms. The molecule has 0 aliphatic rings. The molecule has 0 saturated carbocycles. The number of amides is 1. The van der Waals surface area contributed by atoms with Gasteiger partial charge in [-0.2, -0.15) is 13.7 Å². The first-order valence-electron chi connectivity index (χ1n) is 10.7. The smallest absolute Gasteiger partial charge is 0.339 e. The van der Waals surface area contributed by atoms with Gasteiger partial charge in [0.2, 0.25) is 0 Å². The van der Waals surface area contributed by atoms with Gasteiger partial charge in [0.05, 0.1) is 16.0 Å². The van der Waals surface area contributed by atoms with E-state index in [0.29, 0.717) is 11.3 Å². The Labute approximate surface area is 221 Å². The van der Waals surface area contributed by atoms with Crippen LogP contribution in [0.4, 0.5) is 11.4 Å². The molecule has 0 bridgehead atoms. The number of halogens is 1. The first-order chi connectivity index (χ1) is 17.6. The summed E-state index contributed by atoms with van der Waals surface area (Å²) in [6.45, 7) is 3.66. The lowest BCUT2D eigenvalue weighted by Crippen LogP contribution is -2.14. The molecule has 0 atom stereocenters. The molecule has 3 rings (SSSR count). The fourth-order valence-electron chi connectivity index (χ4n) is 3.13. The molecule has 0 radical (unpaired) electrons. The quantitative estimate of drug-likeness (QED) is 0.116. The maximum atomic E-state index is 12.8. The number of nitriles is 1. The molecule has 0 saturated heterocycles. The average molecular weight is 586 g/mol. The van der Waals surface area contributed by atoms with Gasteiger partial charge in [-0.25, -0.2) is 0 Å². The maximum Gasteiger partial charge on any atom is 0.339 e.